The number of rotatable bonds is 8. The van der Waals surface area contributed by atoms with Gasteiger partial charge in [-0.2, -0.15) is 0 Å². The van der Waals surface area contributed by atoms with E-state index in [9.17, 15) is 9.59 Å². The predicted octanol–water partition coefficient (Wildman–Crippen LogP) is 3.69. The first kappa shape index (κ1) is 24.6. The predicted molar refractivity (Wildman–Crippen MR) is 131 cm³/mol. The number of likely N-dealkylation sites (N-methyl/N-ethyl adjacent to an activating group) is 1. The van der Waals surface area contributed by atoms with Crippen LogP contribution in [-0.2, 0) is 19.7 Å². The van der Waals surface area contributed by atoms with Gasteiger partial charge in [-0.3, -0.25) is 9.59 Å². The summed E-state index contributed by atoms with van der Waals surface area (Å²) in [4.78, 5) is 28.9. The standard InChI is InChI=1S/C26H35N3O4/c1-5-28(25(31)19-33-23-8-6-7-20(17-23)26(2,3)4)18-24(30)27-21-9-11-22(12-10-21)29-13-15-32-16-14-29/h6-12,17H,5,13-16,18-19H2,1-4H3,(H,27,30). The molecule has 7 heteroatoms. The van der Waals surface area contributed by atoms with Crippen molar-refractivity contribution in [1.29, 1.82) is 0 Å². The highest BCUT2D eigenvalue weighted by atomic mass is 16.5. The summed E-state index contributed by atoms with van der Waals surface area (Å²) in [6.45, 7) is 11.7. The van der Waals surface area contributed by atoms with E-state index in [-0.39, 0.29) is 30.4 Å². The van der Waals surface area contributed by atoms with Crippen molar-refractivity contribution in [2.75, 3.05) is 56.2 Å². The van der Waals surface area contributed by atoms with Crippen molar-refractivity contribution in [2.45, 2.75) is 33.1 Å². The zero-order chi connectivity index (χ0) is 23.8. The number of morpholine rings is 1. The van der Waals surface area contributed by atoms with Gasteiger partial charge >= 0.3 is 0 Å². The molecule has 178 valence electrons. The maximum Gasteiger partial charge on any atom is 0.260 e. The number of amides is 2. The molecule has 0 saturated carbocycles. The van der Waals surface area contributed by atoms with Crippen molar-refractivity contribution in [3.8, 4) is 5.75 Å². The van der Waals surface area contributed by atoms with E-state index in [1.165, 1.54) is 4.90 Å². The Labute approximate surface area is 196 Å². The molecule has 1 aliphatic rings. The molecular weight excluding hydrogens is 418 g/mol. The molecule has 0 aliphatic carbocycles. The van der Waals surface area contributed by atoms with Gasteiger partial charge in [0.1, 0.15) is 5.75 Å². The fourth-order valence-corrected chi connectivity index (χ4v) is 3.62. The van der Waals surface area contributed by atoms with Crippen LogP contribution in [0.2, 0.25) is 0 Å². The van der Waals surface area contributed by atoms with Gasteiger partial charge in [-0.15, -0.1) is 0 Å². The fourth-order valence-electron chi connectivity index (χ4n) is 3.62. The van der Waals surface area contributed by atoms with Crippen LogP contribution in [0.5, 0.6) is 5.75 Å². The van der Waals surface area contributed by atoms with E-state index in [1.807, 2.05) is 55.5 Å². The lowest BCUT2D eigenvalue weighted by Gasteiger charge is -2.29. The zero-order valence-electron chi connectivity index (χ0n) is 20.1. The average molecular weight is 454 g/mol. The number of nitrogens with zero attached hydrogens (tertiary/aromatic N) is 2. The van der Waals surface area contributed by atoms with E-state index < -0.39 is 0 Å². The minimum atomic E-state index is -0.237. The molecule has 7 nitrogen and oxygen atoms in total. The Balaban J connectivity index is 1.50. The number of carbonyl (C=O) groups is 2. The molecule has 0 spiro atoms. The van der Waals surface area contributed by atoms with Gasteiger partial charge in [0, 0.05) is 31.0 Å². The maximum absolute atomic E-state index is 12.6. The Morgan fingerprint density at radius 2 is 1.79 bits per heavy atom. The third-order valence-corrected chi connectivity index (χ3v) is 5.66. The summed E-state index contributed by atoms with van der Waals surface area (Å²) in [6.07, 6.45) is 0. The smallest absolute Gasteiger partial charge is 0.260 e. The molecule has 1 saturated heterocycles. The minimum Gasteiger partial charge on any atom is -0.484 e. The highest BCUT2D eigenvalue weighted by molar-refractivity contribution is 5.94. The molecular formula is C26H35N3O4. The minimum absolute atomic E-state index is 0.00266. The SMILES string of the molecule is CCN(CC(=O)Nc1ccc(N2CCOCC2)cc1)C(=O)COc1cccc(C(C)(C)C)c1. The van der Waals surface area contributed by atoms with Crippen LogP contribution in [0.4, 0.5) is 11.4 Å². The highest BCUT2D eigenvalue weighted by Gasteiger charge is 2.18. The molecule has 0 aromatic heterocycles. The molecule has 1 N–H and O–H groups in total. The van der Waals surface area contributed by atoms with Gasteiger partial charge in [0.05, 0.1) is 19.8 Å². The average Bonchev–Trinajstić information content (AvgIpc) is 2.81. The highest BCUT2D eigenvalue weighted by Crippen LogP contribution is 2.25. The van der Waals surface area contributed by atoms with Crippen molar-refractivity contribution in [3.05, 3.63) is 54.1 Å². The monoisotopic (exact) mass is 453 g/mol. The van der Waals surface area contributed by atoms with Crippen LogP contribution in [-0.4, -0.2) is 62.7 Å². The molecule has 0 bridgehead atoms. The Morgan fingerprint density at radius 1 is 1.09 bits per heavy atom. The van der Waals surface area contributed by atoms with Gasteiger partial charge in [-0.1, -0.05) is 32.9 Å². The first-order valence-corrected chi connectivity index (χ1v) is 11.5. The van der Waals surface area contributed by atoms with Crippen molar-refractivity contribution in [3.63, 3.8) is 0 Å². The Hall–Kier alpha value is -3.06. The van der Waals surface area contributed by atoms with E-state index in [1.54, 1.807) is 0 Å². The third kappa shape index (κ3) is 7.22. The van der Waals surface area contributed by atoms with Crippen molar-refractivity contribution in [2.24, 2.45) is 0 Å². The van der Waals surface area contributed by atoms with Gasteiger partial charge in [-0.05, 0) is 54.3 Å². The molecule has 1 fully saturated rings. The number of ether oxygens (including phenoxy) is 2. The molecule has 0 radical (unpaired) electrons. The van der Waals surface area contributed by atoms with Crippen LogP contribution in [0, 0.1) is 0 Å². The number of hydrogen-bond donors (Lipinski definition) is 1. The van der Waals surface area contributed by atoms with Crippen LogP contribution >= 0.6 is 0 Å². The summed E-state index contributed by atoms with van der Waals surface area (Å²) in [5.74, 6) is 0.187. The first-order chi connectivity index (χ1) is 15.8. The number of nitrogens with one attached hydrogen (secondary N) is 1. The second-order valence-electron chi connectivity index (χ2n) is 9.17. The van der Waals surface area contributed by atoms with Crippen LogP contribution in [0.25, 0.3) is 0 Å². The lowest BCUT2D eigenvalue weighted by Crippen LogP contribution is -2.40. The van der Waals surface area contributed by atoms with E-state index >= 15 is 0 Å². The molecule has 1 heterocycles. The van der Waals surface area contributed by atoms with E-state index in [0.717, 1.165) is 37.6 Å². The molecule has 0 unspecified atom stereocenters. The van der Waals surface area contributed by atoms with E-state index in [0.29, 0.717) is 18.0 Å². The molecule has 3 rings (SSSR count). The van der Waals surface area contributed by atoms with Crippen LogP contribution in [0.1, 0.15) is 33.3 Å². The van der Waals surface area contributed by atoms with Crippen molar-refractivity contribution < 1.29 is 19.1 Å². The number of anilines is 2. The third-order valence-electron chi connectivity index (χ3n) is 5.66. The maximum atomic E-state index is 12.6. The van der Waals surface area contributed by atoms with E-state index in [4.69, 9.17) is 9.47 Å². The van der Waals surface area contributed by atoms with Crippen molar-refractivity contribution in [1.82, 2.24) is 4.90 Å². The Bertz CT molecular complexity index is 931. The van der Waals surface area contributed by atoms with Crippen LogP contribution in [0.15, 0.2) is 48.5 Å². The zero-order valence-corrected chi connectivity index (χ0v) is 20.1. The summed E-state index contributed by atoms with van der Waals surface area (Å²) in [6, 6.07) is 15.5. The quantitative estimate of drug-likeness (QED) is 0.660. The number of benzene rings is 2. The number of carbonyl (C=O) groups excluding carboxylic acids is 2. The molecule has 1 aliphatic heterocycles. The Kier molecular flexibility index (Phi) is 8.33. The molecule has 33 heavy (non-hydrogen) atoms. The van der Waals surface area contributed by atoms with Gasteiger partial charge in [-0.25, -0.2) is 0 Å². The second kappa shape index (κ2) is 11.2. The van der Waals surface area contributed by atoms with E-state index in [2.05, 4.69) is 31.0 Å². The van der Waals surface area contributed by atoms with Gasteiger partial charge < -0.3 is 24.6 Å². The van der Waals surface area contributed by atoms with Crippen LogP contribution in [0.3, 0.4) is 0 Å². The summed E-state index contributed by atoms with van der Waals surface area (Å²) in [5, 5.41) is 2.87. The lowest BCUT2D eigenvalue weighted by molar-refractivity contribution is -0.136. The molecule has 2 aromatic carbocycles. The lowest BCUT2D eigenvalue weighted by atomic mass is 9.87. The van der Waals surface area contributed by atoms with Gasteiger partial charge in [0.2, 0.25) is 5.91 Å². The topological polar surface area (TPSA) is 71.1 Å². The number of hydrogen-bond acceptors (Lipinski definition) is 5. The Morgan fingerprint density at radius 3 is 2.42 bits per heavy atom. The van der Waals surface area contributed by atoms with Gasteiger partial charge in [0.15, 0.2) is 6.61 Å². The molecule has 2 amide bonds. The largest absolute Gasteiger partial charge is 0.484 e. The summed E-state index contributed by atoms with van der Waals surface area (Å²) < 4.78 is 11.1. The van der Waals surface area contributed by atoms with Crippen molar-refractivity contribution >= 4 is 23.2 Å². The molecule has 2 aromatic rings. The summed E-state index contributed by atoms with van der Waals surface area (Å²) in [7, 11) is 0. The van der Waals surface area contributed by atoms with Gasteiger partial charge in [0.25, 0.3) is 5.91 Å². The fraction of sp³-hybridized carbons (Fsp3) is 0.462. The second-order valence-corrected chi connectivity index (χ2v) is 9.17. The van der Waals surface area contributed by atoms with Crippen LogP contribution < -0.4 is 15.0 Å². The summed E-state index contributed by atoms with van der Waals surface area (Å²) >= 11 is 0. The normalized spacial score (nSPS) is 14.0. The molecule has 0 atom stereocenters. The summed E-state index contributed by atoms with van der Waals surface area (Å²) in [5.41, 5.74) is 2.95. The first-order valence-electron chi connectivity index (χ1n) is 11.5.